The van der Waals surface area contributed by atoms with E-state index in [-0.39, 0.29) is 23.7 Å². The molecular weight excluding hydrogens is 280 g/mol. The molecule has 0 spiro atoms. The first-order chi connectivity index (χ1) is 9.71. The Morgan fingerprint density at radius 1 is 1.00 bits per heavy atom. The van der Waals surface area contributed by atoms with E-state index in [1.54, 1.807) is 0 Å². The molecular formula is C17H32O3Si. The van der Waals surface area contributed by atoms with E-state index in [9.17, 15) is 0 Å². The van der Waals surface area contributed by atoms with Crippen LogP contribution >= 0.6 is 0 Å². The molecule has 0 bridgehead atoms. The Labute approximate surface area is 131 Å². The molecule has 1 rings (SSSR count). The van der Waals surface area contributed by atoms with Gasteiger partial charge in [0.25, 0.3) is 0 Å². The molecule has 0 saturated heterocycles. The summed E-state index contributed by atoms with van der Waals surface area (Å²) in [5.74, 6) is 0.271. The van der Waals surface area contributed by atoms with Gasteiger partial charge >= 0.3 is 8.80 Å². The summed E-state index contributed by atoms with van der Waals surface area (Å²) in [6.45, 7) is 14.6. The van der Waals surface area contributed by atoms with Gasteiger partial charge in [0.2, 0.25) is 0 Å². The highest BCUT2D eigenvalue weighted by Crippen LogP contribution is 2.34. The van der Waals surface area contributed by atoms with E-state index in [2.05, 4.69) is 45.1 Å². The normalized spacial score (nSPS) is 16.6. The minimum atomic E-state index is -2.69. The van der Waals surface area contributed by atoms with Crippen molar-refractivity contribution in [1.29, 1.82) is 0 Å². The third-order valence-electron chi connectivity index (χ3n) is 3.36. The van der Waals surface area contributed by atoms with Crippen molar-refractivity contribution in [2.75, 3.05) is 0 Å². The zero-order chi connectivity index (χ0) is 16.1. The average Bonchev–Trinajstić information content (AvgIpc) is 2.79. The van der Waals surface area contributed by atoms with Crippen LogP contribution in [0.2, 0.25) is 6.04 Å². The summed E-state index contributed by atoms with van der Waals surface area (Å²) >= 11 is 0. The van der Waals surface area contributed by atoms with Crippen molar-refractivity contribution < 1.29 is 13.3 Å². The zero-order valence-corrected chi connectivity index (χ0v) is 15.7. The van der Waals surface area contributed by atoms with E-state index in [4.69, 9.17) is 13.3 Å². The van der Waals surface area contributed by atoms with Gasteiger partial charge < -0.3 is 13.3 Å². The maximum atomic E-state index is 6.56. The van der Waals surface area contributed by atoms with Crippen LogP contribution in [0.4, 0.5) is 0 Å². The predicted octanol–water partition coefficient (Wildman–Crippen LogP) is 4.72. The lowest BCUT2D eigenvalue weighted by molar-refractivity contribution is -0.0467. The molecule has 0 unspecified atom stereocenters. The molecule has 1 aliphatic carbocycles. The molecule has 122 valence electrons. The van der Waals surface area contributed by atoms with E-state index in [0.29, 0.717) is 0 Å². The molecule has 0 aromatic heterocycles. The van der Waals surface area contributed by atoms with Crippen LogP contribution in [0.5, 0.6) is 0 Å². The predicted molar refractivity (Wildman–Crippen MR) is 90.2 cm³/mol. The Kier molecular flexibility index (Phi) is 6.85. The topological polar surface area (TPSA) is 27.7 Å². The minimum absolute atomic E-state index is 0.104. The first-order valence-corrected chi connectivity index (χ1v) is 10.0. The molecule has 21 heavy (non-hydrogen) atoms. The Morgan fingerprint density at radius 2 is 1.48 bits per heavy atom. The Morgan fingerprint density at radius 3 is 1.86 bits per heavy atom. The second-order valence-electron chi connectivity index (χ2n) is 6.77. The second-order valence-corrected chi connectivity index (χ2v) is 9.31. The number of rotatable bonds is 9. The monoisotopic (exact) mass is 312 g/mol. The standard InChI is InChI=1S/C17H32O3Si/c1-8-13-21(18-14(2)3,19-15(4)5)20-17(6,7)16-11-9-10-12-16/h9-12,14-16H,8,13H2,1-7H3. The van der Waals surface area contributed by atoms with Crippen LogP contribution in [-0.4, -0.2) is 26.6 Å². The molecule has 0 saturated carbocycles. The van der Waals surface area contributed by atoms with Crippen LogP contribution in [0.3, 0.4) is 0 Å². The third kappa shape index (κ3) is 5.70. The fourth-order valence-electron chi connectivity index (χ4n) is 2.63. The highest BCUT2D eigenvalue weighted by molar-refractivity contribution is 6.60. The molecule has 4 heteroatoms. The highest BCUT2D eigenvalue weighted by atomic mass is 28.4. The fourth-order valence-corrected chi connectivity index (χ4v) is 6.11. The van der Waals surface area contributed by atoms with Crippen molar-refractivity contribution in [2.45, 2.75) is 78.7 Å². The third-order valence-corrected chi connectivity index (χ3v) is 6.97. The number of allylic oxidation sites excluding steroid dienone is 2. The van der Waals surface area contributed by atoms with E-state index < -0.39 is 8.80 Å². The van der Waals surface area contributed by atoms with Crippen LogP contribution in [0, 0.1) is 5.92 Å². The summed E-state index contributed by atoms with van der Waals surface area (Å²) in [5.41, 5.74) is -0.325. The molecule has 0 fully saturated rings. The maximum absolute atomic E-state index is 6.56. The van der Waals surface area contributed by atoms with Gasteiger partial charge in [-0.15, -0.1) is 0 Å². The molecule has 0 amide bonds. The molecule has 0 radical (unpaired) electrons. The van der Waals surface area contributed by atoms with Crippen LogP contribution in [-0.2, 0) is 13.3 Å². The fraction of sp³-hybridized carbons (Fsp3) is 0.765. The molecule has 3 nitrogen and oxygen atoms in total. The van der Waals surface area contributed by atoms with Gasteiger partial charge in [0, 0.05) is 24.2 Å². The largest absolute Gasteiger partial charge is 0.501 e. The quantitative estimate of drug-likeness (QED) is 0.576. The van der Waals surface area contributed by atoms with Crippen LogP contribution in [0.1, 0.15) is 54.9 Å². The van der Waals surface area contributed by atoms with E-state index in [1.807, 2.05) is 27.7 Å². The van der Waals surface area contributed by atoms with Gasteiger partial charge in [-0.25, -0.2) is 0 Å². The van der Waals surface area contributed by atoms with E-state index in [0.717, 1.165) is 12.5 Å². The molecule has 0 atom stereocenters. The summed E-state index contributed by atoms with van der Waals surface area (Å²) in [6, 6.07) is 0.854. The second kappa shape index (κ2) is 7.72. The van der Waals surface area contributed by atoms with Crippen molar-refractivity contribution >= 4 is 8.80 Å². The average molecular weight is 313 g/mol. The van der Waals surface area contributed by atoms with Crippen LogP contribution in [0.25, 0.3) is 0 Å². The highest BCUT2D eigenvalue weighted by Gasteiger charge is 2.48. The summed E-state index contributed by atoms with van der Waals surface area (Å²) in [7, 11) is -2.69. The van der Waals surface area contributed by atoms with Crippen molar-refractivity contribution in [3.63, 3.8) is 0 Å². The number of hydrogen-bond donors (Lipinski definition) is 0. The van der Waals surface area contributed by atoms with Crippen molar-refractivity contribution in [2.24, 2.45) is 5.92 Å². The van der Waals surface area contributed by atoms with Gasteiger partial charge in [-0.3, -0.25) is 0 Å². The lowest BCUT2D eigenvalue weighted by Gasteiger charge is -2.41. The number of hydrogen-bond acceptors (Lipinski definition) is 3. The Balaban J connectivity index is 2.97. The maximum Gasteiger partial charge on any atom is 0.501 e. The van der Waals surface area contributed by atoms with E-state index >= 15 is 0 Å². The van der Waals surface area contributed by atoms with Crippen LogP contribution < -0.4 is 0 Å². The first-order valence-electron chi connectivity index (χ1n) is 8.11. The molecule has 0 aliphatic heterocycles. The van der Waals surface area contributed by atoms with Crippen molar-refractivity contribution in [3.8, 4) is 0 Å². The molecule has 0 heterocycles. The Bertz CT molecular complexity index is 350. The van der Waals surface area contributed by atoms with Gasteiger partial charge in [-0.05, 0) is 41.5 Å². The lowest BCUT2D eigenvalue weighted by Crippen LogP contribution is -2.55. The van der Waals surface area contributed by atoms with Gasteiger partial charge in [0.15, 0.2) is 0 Å². The SMILES string of the molecule is CCC[Si](OC(C)C)(OC(C)C)OC(C)(C)C1C=CC=C1. The van der Waals surface area contributed by atoms with E-state index in [1.165, 1.54) is 0 Å². The molecule has 1 aliphatic rings. The zero-order valence-electron chi connectivity index (χ0n) is 14.7. The van der Waals surface area contributed by atoms with Gasteiger partial charge in [0.05, 0.1) is 5.60 Å². The smallest absolute Gasteiger partial charge is 0.371 e. The van der Waals surface area contributed by atoms with Gasteiger partial charge in [-0.2, -0.15) is 0 Å². The summed E-state index contributed by atoms with van der Waals surface area (Å²) in [6.07, 6.45) is 9.71. The molecule has 0 aromatic rings. The summed E-state index contributed by atoms with van der Waals surface area (Å²) in [5, 5.41) is 0. The van der Waals surface area contributed by atoms with Gasteiger partial charge in [0.1, 0.15) is 0 Å². The molecule has 0 N–H and O–H groups in total. The van der Waals surface area contributed by atoms with Crippen molar-refractivity contribution in [3.05, 3.63) is 24.3 Å². The molecule has 0 aromatic carbocycles. The minimum Gasteiger partial charge on any atom is -0.371 e. The van der Waals surface area contributed by atoms with Gasteiger partial charge in [-0.1, -0.05) is 37.6 Å². The Hall–Kier alpha value is -0.423. The first kappa shape index (κ1) is 18.6. The lowest BCUT2D eigenvalue weighted by atomic mass is 9.93. The van der Waals surface area contributed by atoms with Crippen LogP contribution in [0.15, 0.2) is 24.3 Å². The van der Waals surface area contributed by atoms with Crippen molar-refractivity contribution in [1.82, 2.24) is 0 Å². The summed E-state index contributed by atoms with van der Waals surface area (Å²) in [4.78, 5) is 0. The summed E-state index contributed by atoms with van der Waals surface area (Å²) < 4.78 is 19.0.